The second-order valence-corrected chi connectivity index (χ2v) is 9.93. The first-order valence-electron chi connectivity index (χ1n) is 12.8. The van der Waals surface area contributed by atoms with Gasteiger partial charge in [0.1, 0.15) is 11.4 Å². The number of rotatable bonds is 5. The number of benzene rings is 1. The number of hydrogen-bond acceptors (Lipinski definition) is 7. The van der Waals surface area contributed by atoms with Gasteiger partial charge >= 0.3 is 5.92 Å². The molecule has 1 saturated carbocycles. The first-order valence-corrected chi connectivity index (χ1v) is 12.8. The van der Waals surface area contributed by atoms with Crippen molar-refractivity contribution in [2.75, 3.05) is 48.9 Å². The van der Waals surface area contributed by atoms with E-state index >= 15 is 0 Å². The number of aromatic nitrogens is 2. The van der Waals surface area contributed by atoms with Crippen molar-refractivity contribution in [3.8, 4) is 5.75 Å². The van der Waals surface area contributed by atoms with Crippen LogP contribution in [0.25, 0.3) is 0 Å². The number of carbonyl (C=O) groups is 2. The molecule has 2 amide bonds. The van der Waals surface area contributed by atoms with E-state index in [-0.39, 0.29) is 23.6 Å². The first kappa shape index (κ1) is 25.2. The molecule has 0 bridgehead atoms. The average molecular weight is 515 g/mol. The van der Waals surface area contributed by atoms with Crippen molar-refractivity contribution in [3.05, 3.63) is 30.0 Å². The Bertz CT molecular complexity index is 1180. The highest BCUT2D eigenvalue weighted by atomic mass is 19.3. The summed E-state index contributed by atoms with van der Waals surface area (Å²) < 4.78 is 35.2. The molecule has 1 N–H and O–H groups in total. The minimum Gasteiger partial charge on any atom is -0.495 e. The highest BCUT2D eigenvalue weighted by Crippen LogP contribution is 2.40. The largest absolute Gasteiger partial charge is 0.495 e. The number of amides is 2. The molecule has 198 valence electrons. The van der Waals surface area contributed by atoms with Gasteiger partial charge in [-0.05, 0) is 50.3 Å². The number of alkyl halides is 2. The van der Waals surface area contributed by atoms with Crippen LogP contribution in [0.15, 0.2) is 24.4 Å². The number of hydrogen-bond donors (Lipinski definition) is 1. The van der Waals surface area contributed by atoms with E-state index in [0.717, 1.165) is 62.9 Å². The molecule has 1 aromatic carbocycles. The highest BCUT2D eigenvalue weighted by molar-refractivity contribution is 6.02. The minimum absolute atomic E-state index is 0.0355. The molecule has 0 spiro atoms. The van der Waals surface area contributed by atoms with Gasteiger partial charge in [-0.2, -0.15) is 13.8 Å². The van der Waals surface area contributed by atoms with Gasteiger partial charge in [-0.15, -0.1) is 0 Å². The van der Waals surface area contributed by atoms with Gasteiger partial charge in [0.05, 0.1) is 25.5 Å². The number of carbonyl (C=O) groups excluding carboxylic acids is 2. The van der Waals surface area contributed by atoms with Gasteiger partial charge < -0.3 is 24.8 Å². The molecular weight excluding hydrogens is 482 g/mol. The SMILES string of the molecule is COc1cc(C(=O)N2CCCCC2)ccc1Nc1ncc2c(n1)N(C1CCCC1)CC(F)(F)C(=O)N2C. The summed E-state index contributed by atoms with van der Waals surface area (Å²) in [6.45, 7) is 0.774. The van der Waals surface area contributed by atoms with Crippen molar-refractivity contribution in [1.82, 2.24) is 14.9 Å². The van der Waals surface area contributed by atoms with E-state index in [4.69, 9.17) is 4.74 Å². The van der Waals surface area contributed by atoms with Crippen LogP contribution in [0.1, 0.15) is 55.3 Å². The van der Waals surface area contributed by atoms with Crippen LogP contribution in [-0.2, 0) is 4.79 Å². The number of likely N-dealkylation sites (tertiary alicyclic amines) is 1. The van der Waals surface area contributed by atoms with E-state index in [0.29, 0.717) is 22.8 Å². The summed E-state index contributed by atoms with van der Waals surface area (Å²) in [7, 11) is 2.84. The molecule has 2 aromatic rings. The summed E-state index contributed by atoms with van der Waals surface area (Å²) in [6.07, 6.45) is 7.96. The van der Waals surface area contributed by atoms with Gasteiger partial charge in [-0.25, -0.2) is 4.98 Å². The molecule has 2 fully saturated rings. The smallest absolute Gasteiger partial charge is 0.342 e. The molecule has 0 unspecified atom stereocenters. The number of piperidine rings is 1. The van der Waals surface area contributed by atoms with Crippen LogP contribution < -0.4 is 19.9 Å². The molecule has 0 atom stereocenters. The number of methoxy groups -OCH3 is 1. The molecule has 1 aliphatic carbocycles. The van der Waals surface area contributed by atoms with Gasteiger partial charge in [-0.1, -0.05) is 12.8 Å². The van der Waals surface area contributed by atoms with E-state index in [1.54, 1.807) is 23.1 Å². The number of nitrogens with one attached hydrogen (secondary N) is 1. The normalized spacial score (nSPS) is 20.0. The number of fused-ring (bicyclic) bond motifs is 1. The van der Waals surface area contributed by atoms with Crippen LogP contribution in [0.2, 0.25) is 0 Å². The lowest BCUT2D eigenvalue weighted by Gasteiger charge is -2.31. The van der Waals surface area contributed by atoms with Crippen molar-refractivity contribution in [2.45, 2.75) is 56.9 Å². The fourth-order valence-corrected chi connectivity index (χ4v) is 5.43. The van der Waals surface area contributed by atoms with Crippen LogP contribution in [0, 0.1) is 0 Å². The Balaban J connectivity index is 1.45. The second kappa shape index (κ2) is 10.1. The third kappa shape index (κ3) is 4.91. The maximum atomic E-state index is 14.8. The zero-order valence-electron chi connectivity index (χ0n) is 21.2. The first-order chi connectivity index (χ1) is 17.8. The standard InChI is InChI=1S/C26H32F2N6O3/c1-32-20-15-29-25(31-22(20)34(18-8-4-5-9-18)16-26(27,28)24(32)36)30-19-11-10-17(14-21(19)37-2)23(35)33-12-6-3-7-13-33/h10-11,14-15,18H,3-9,12-13,16H2,1-2H3,(H,29,30,31). The van der Waals surface area contributed by atoms with Crippen molar-refractivity contribution in [2.24, 2.45) is 0 Å². The molecule has 11 heteroatoms. The molecule has 1 saturated heterocycles. The Morgan fingerprint density at radius 3 is 2.57 bits per heavy atom. The van der Waals surface area contributed by atoms with Crippen LogP contribution >= 0.6 is 0 Å². The highest BCUT2D eigenvalue weighted by Gasteiger charge is 2.48. The van der Waals surface area contributed by atoms with E-state index < -0.39 is 18.4 Å². The summed E-state index contributed by atoms with van der Waals surface area (Å²) in [5, 5.41) is 3.11. The molecule has 1 aromatic heterocycles. The Hall–Kier alpha value is -3.50. The van der Waals surface area contributed by atoms with E-state index in [1.165, 1.54) is 20.4 Å². The third-order valence-corrected chi connectivity index (χ3v) is 7.47. The third-order valence-electron chi connectivity index (χ3n) is 7.47. The number of anilines is 4. The Kier molecular flexibility index (Phi) is 6.87. The van der Waals surface area contributed by atoms with Gasteiger partial charge in [0.2, 0.25) is 5.95 Å². The molecule has 37 heavy (non-hydrogen) atoms. The Morgan fingerprint density at radius 2 is 1.86 bits per heavy atom. The molecular formula is C26H32F2N6O3. The zero-order chi connectivity index (χ0) is 26.2. The van der Waals surface area contributed by atoms with Gasteiger partial charge in [0.15, 0.2) is 5.82 Å². The Labute approximate surface area is 214 Å². The minimum atomic E-state index is -3.54. The van der Waals surface area contributed by atoms with Gasteiger partial charge in [-0.3, -0.25) is 9.59 Å². The summed E-state index contributed by atoms with van der Waals surface area (Å²) in [5.41, 5.74) is 1.31. The predicted octanol–water partition coefficient (Wildman–Crippen LogP) is 4.22. The molecule has 0 radical (unpaired) electrons. The predicted molar refractivity (Wildman–Crippen MR) is 136 cm³/mol. The lowest BCUT2D eigenvalue weighted by Crippen LogP contribution is -2.48. The van der Waals surface area contributed by atoms with Crippen molar-refractivity contribution < 1.29 is 23.1 Å². The van der Waals surface area contributed by atoms with Crippen molar-refractivity contribution >= 4 is 35.0 Å². The summed E-state index contributed by atoms with van der Waals surface area (Å²) >= 11 is 0. The molecule has 3 aliphatic rings. The fourth-order valence-electron chi connectivity index (χ4n) is 5.43. The van der Waals surface area contributed by atoms with Crippen molar-refractivity contribution in [1.29, 1.82) is 0 Å². The average Bonchev–Trinajstić information content (AvgIpc) is 3.44. The van der Waals surface area contributed by atoms with Gasteiger partial charge in [0, 0.05) is 31.7 Å². The van der Waals surface area contributed by atoms with E-state index in [2.05, 4.69) is 15.3 Å². The number of halogens is 2. The number of nitrogens with zero attached hydrogens (tertiary/aromatic N) is 5. The van der Waals surface area contributed by atoms with Crippen molar-refractivity contribution in [3.63, 3.8) is 0 Å². The number of ether oxygens (including phenoxy) is 1. The quantitative estimate of drug-likeness (QED) is 0.639. The van der Waals surface area contributed by atoms with E-state index in [1.807, 2.05) is 4.90 Å². The molecule has 9 nitrogen and oxygen atoms in total. The van der Waals surface area contributed by atoms with Crippen LogP contribution in [0.3, 0.4) is 0 Å². The van der Waals surface area contributed by atoms with Crippen LogP contribution in [-0.4, -0.2) is 72.4 Å². The van der Waals surface area contributed by atoms with E-state index in [9.17, 15) is 18.4 Å². The van der Waals surface area contributed by atoms with Crippen LogP contribution in [0.5, 0.6) is 5.75 Å². The molecule has 5 rings (SSSR count). The lowest BCUT2D eigenvalue weighted by molar-refractivity contribution is -0.140. The monoisotopic (exact) mass is 514 g/mol. The van der Waals surface area contributed by atoms with Crippen LogP contribution in [0.4, 0.5) is 31.9 Å². The Morgan fingerprint density at radius 1 is 1.14 bits per heavy atom. The summed E-state index contributed by atoms with van der Waals surface area (Å²) in [6, 6.07) is 5.01. The fraction of sp³-hybridized carbons (Fsp3) is 0.538. The van der Waals surface area contributed by atoms with Gasteiger partial charge in [0.25, 0.3) is 11.8 Å². The second-order valence-electron chi connectivity index (χ2n) is 9.93. The summed E-state index contributed by atoms with van der Waals surface area (Å²) in [5.74, 6) is -3.92. The lowest BCUT2D eigenvalue weighted by atomic mass is 10.1. The maximum absolute atomic E-state index is 14.8. The summed E-state index contributed by atoms with van der Waals surface area (Å²) in [4.78, 5) is 38.7. The maximum Gasteiger partial charge on any atom is 0.342 e. The molecule has 3 heterocycles. The topological polar surface area (TPSA) is 90.9 Å². The zero-order valence-corrected chi connectivity index (χ0v) is 21.2. The molecule has 2 aliphatic heterocycles.